The fourth-order valence-corrected chi connectivity index (χ4v) is 6.30. The van der Waals surface area contributed by atoms with Crippen molar-refractivity contribution in [3.05, 3.63) is 93.5 Å². The first kappa shape index (κ1) is 26.7. The minimum atomic E-state index is -0.267. The summed E-state index contributed by atoms with van der Waals surface area (Å²) in [5.74, 6) is 1.45. The summed E-state index contributed by atoms with van der Waals surface area (Å²) in [5, 5.41) is 15.4. The molecule has 6 nitrogen and oxygen atoms in total. The van der Waals surface area contributed by atoms with E-state index in [1.54, 1.807) is 0 Å². The molecular weight excluding hydrogens is 525 g/mol. The third-order valence-corrected chi connectivity index (χ3v) is 8.20. The smallest absolute Gasteiger partial charge is 0.204 e. The number of alkyl halides is 1. The van der Waals surface area contributed by atoms with Crippen LogP contribution in [0.15, 0.2) is 60.7 Å². The van der Waals surface area contributed by atoms with Crippen LogP contribution in [0.5, 0.6) is 5.75 Å². The van der Waals surface area contributed by atoms with E-state index in [0.29, 0.717) is 12.2 Å². The Labute approximate surface area is 239 Å². The van der Waals surface area contributed by atoms with E-state index in [0.717, 1.165) is 78.3 Å². The van der Waals surface area contributed by atoms with Gasteiger partial charge in [0.05, 0.1) is 6.67 Å². The van der Waals surface area contributed by atoms with E-state index in [2.05, 4.69) is 87.0 Å². The highest BCUT2D eigenvalue weighted by molar-refractivity contribution is 6.32. The van der Waals surface area contributed by atoms with Gasteiger partial charge in [-0.2, -0.15) is 5.21 Å². The Morgan fingerprint density at radius 2 is 1.85 bits per heavy atom. The van der Waals surface area contributed by atoms with E-state index in [4.69, 9.17) is 16.3 Å². The van der Waals surface area contributed by atoms with Crippen LogP contribution >= 0.6 is 11.6 Å². The molecule has 4 aromatic rings. The van der Waals surface area contributed by atoms with Gasteiger partial charge in [0.1, 0.15) is 11.9 Å². The van der Waals surface area contributed by atoms with Gasteiger partial charge in [0.2, 0.25) is 5.82 Å². The van der Waals surface area contributed by atoms with Gasteiger partial charge in [-0.05, 0) is 107 Å². The molecule has 8 heteroatoms. The van der Waals surface area contributed by atoms with Gasteiger partial charge < -0.3 is 4.74 Å². The van der Waals surface area contributed by atoms with Crippen molar-refractivity contribution in [1.29, 1.82) is 0 Å². The monoisotopic (exact) mass is 557 g/mol. The van der Waals surface area contributed by atoms with Crippen molar-refractivity contribution < 1.29 is 9.13 Å². The molecule has 1 fully saturated rings. The number of nitrogens with one attached hydrogen (secondary N) is 1. The molecule has 6 rings (SSSR count). The number of nitrogens with zero attached hydrogens (tertiary/aromatic N) is 4. The van der Waals surface area contributed by atoms with Crippen molar-refractivity contribution in [2.75, 3.05) is 26.3 Å². The van der Waals surface area contributed by atoms with Crippen molar-refractivity contribution in [3.8, 4) is 17.1 Å². The van der Waals surface area contributed by atoms with E-state index >= 15 is 0 Å². The van der Waals surface area contributed by atoms with Crippen LogP contribution in [0.2, 0.25) is 5.02 Å². The van der Waals surface area contributed by atoms with E-state index in [-0.39, 0.29) is 12.8 Å². The first-order valence-corrected chi connectivity index (χ1v) is 14.4. The van der Waals surface area contributed by atoms with Crippen molar-refractivity contribution in [1.82, 2.24) is 25.5 Å². The number of fused-ring (bicyclic) bond motifs is 1. The maximum atomic E-state index is 12.6. The number of aryl methyl sites for hydroxylation is 2. The largest absolute Gasteiger partial charge is 0.489 e. The van der Waals surface area contributed by atoms with Gasteiger partial charge >= 0.3 is 0 Å². The van der Waals surface area contributed by atoms with Gasteiger partial charge in [0, 0.05) is 30.2 Å². The zero-order chi connectivity index (χ0) is 27.5. The molecule has 1 aliphatic carbocycles. The average molecular weight is 558 g/mol. The minimum absolute atomic E-state index is 0.133. The Morgan fingerprint density at radius 3 is 2.62 bits per heavy atom. The first-order valence-electron chi connectivity index (χ1n) is 14.0. The number of likely N-dealkylation sites (tertiary alicyclic amines) is 1. The maximum absolute atomic E-state index is 12.6. The van der Waals surface area contributed by atoms with Crippen LogP contribution in [0, 0.1) is 6.92 Å². The van der Waals surface area contributed by atoms with E-state index < -0.39 is 0 Å². The molecule has 3 aromatic carbocycles. The van der Waals surface area contributed by atoms with Crippen LogP contribution in [0.3, 0.4) is 0 Å². The highest BCUT2D eigenvalue weighted by atomic mass is 35.5. The van der Waals surface area contributed by atoms with E-state index in [9.17, 15) is 4.39 Å². The predicted octanol–water partition coefficient (Wildman–Crippen LogP) is 6.94. The summed E-state index contributed by atoms with van der Waals surface area (Å²) in [7, 11) is 0. The molecule has 0 radical (unpaired) electrons. The molecule has 2 aliphatic rings. The molecule has 1 N–H and O–H groups in total. The van der Waals surface area contributed by atoms with Crippen molar-refractivity contribution >= 4 is 22.7 Å². The molecule has 1 aliphatic heterocycles. The number of ether oxygens (including phenoxy) is 1. The Balaban J connectivity index is 1.36. The summed E-state index contributed by atoms with van der Waals surface area (Å²) in [6, 6.07) is 21.2. The number of aromatic nitrogens is 4. The summed E-state index contributed by atoms with van der Waals surface area (Å²) in [6.45, 7) is 4.40. The number of allylic oxidation sites excluding steroid dienone is 1. The normalized spacial score (nSPS) is 17.6. The summed E-state index contributed by atoms with van der Waals surface area (Å²) in [5.41, 5.74) is 9.21. The Kier molecular flexibility index (Phi) is 7.93. The Morgan fingerprint density at radius 1 is 1.02 bits per heavy atom. The molecule has 1 atom stereocenters. The molecule has 0 amide bonds. The van der Waals surface area contributed by atoms with Gasteiger partial charge in [-0.15, -0.1) is 10.2 Å². The summed E-state index contributed by atoms with van der Waals surface area (Å²) in [4.78, 5) is 2.28. The standard InChI is InChI=1S/C32H33ClFN5O/c1-21-6-12-28(30(33)18-21)29-5-2-4-23-19-24(32-35-37-38-36-32)9-13-27(23)31(29)22-7-10-25(11-8-22)40-26-14-17-39(20-26)16-3-15-34/h6-13,18-19,26H,2-5,14-17,20H2,1H3,(H,35,36,37,38)/t26-/m0/s1. The van der Waals surface area contributed by atoms with Gasteiger partial charge in [-0.3, -0.25) is 9.29 Å². The number of hydrogen-bond acceptors (Lipinski definition) is 5. The van der Waals surface area contributed by atoms with Crippen LogP contribution in [0.1, 0.15) is 53.5 Å². The second kappa shape index (κ2) is 11.9. The third kappa shape index (κ3) is 5.67. The van der Waals surface area contributed by atoms with Crippen molar-refractivity contribution in [2.45, 2.75) is 45.1 Å². The Bertz CT molecular complexity index is 1500. The van der Waals surface area contributed by atoms with Gasteiger partial charge in [-0.25, -0.2) is 0 Å². The van der Waals surface area contributed by atoms with Crippen LogP contribution in [0.25, 0.3) is 22.5 Å². The molecule has 0 spiro atoms. The lowest BCUT2D eigenvalue weighted by Gasteiger charge is -2.19. The number of H-pyrrole nitrogens is 1. The topological polar surface area (TPSA) is 66.9 Å². The molecule has 0 bridgehead atoms. The second-order valence-electron chi connectivity index (χ2n) is 10.7. The summed E-state index contributed by atoms with van der Waals surface area (Å²) >= 11 is 6.85. The van der Waals surface area contributed by atoms with Gasteiger partial charge in [0.15, 0.2) is 0 Å². The number of halogens is 2. The molecule has 0 unspecified atom stereocenters. The molecule has 206 valence electrons. The molecule has 40 heavy (non-hydrogen) atoms. The Hall–Kier alpha value is -3.55. The molecular formula is C32H33ClFN5O. The number of aromatic amines is 1. The number of rotatable bonds is 8. The molecule has 0 saturated carbocycles. The van der Waals surface area contributed by atoms with Gasteiger partial charge in [-0.1, -0.05) is 48.0 Å². The van der Waals surface area contributed by atoms with Crippen LogP contribution in [-0.2, 0) is 6.42 Å². The fourth-order valence-electron chi connectivity index (χ4n) is 5.95. The highest BCUT2D eigenvalue weighted by Crippen LogP contribution is 2.43. The van der Waals surface area contributed by atoms with Crippen LogP contribution in [-0.4, -0.2) is 57.9 Å². The lowest BCUT2D eigenvalue weighted by atomic mass is 9.87. The van der Waals surface area contributed by atoms with Crippen LogP contribution < -0.4 is 4.74 Å². The first-order chi connectivity index (χ1) is 19.6. The minimum Gasteiger partial charge on any atom is -0.489 e. The van der Waals surface area contributed by atoms with Crippen molar-refractivity contribution in [3.63, 3.8) is 0 Å². The maximum Gasteiger partial charge on any atom is 0.204 e. The average Bonchev–Trinajstić information content (AvgIpc) is 3.62. The van der Waals surface area contributed by atoms with Gasteiger partial charge in [0.25, 0.3) is 0 Å². The highest BCUT2D eigenvalue weighted by Gasteiger charge is 2.25. The molecule has 1 saturated heterocycles. The molecule has 2 heterocycles. The quantitative estimate of drug-likeness (QED) is 0.254. The zero-order valence-corrected chi connectivity index (χ0v) is 23.4. The number of benzene rings is 3. The third-order valence-electron chi connectivity index (χ3n) is 7.89. The zero-order valence-electron chi connectivity index (χ0n) is 22.7. The fraction of sp³-hybridized carbons (Fsp3) is 0.344. The molecule has 1 aromatic heterocycles. The second-order valence-corrected chi connectivity index (χ2v) is 11.1. The number of tetrazole rings is 1. The van der Waals surface area contributed by atoms with Crippen LogP contribution in [0.4, 0.5) is 4.39 Å². The lowest BCUT2D eigenvalue weighted by Crippen LogP contribution is -2.26. The number of hydrogen-bond donors (Lipinski definition) is 1. The summed E-state index contributed by atoms with van der Waals surface area (Å²) < 4.78 is 18.9. The summed E-state index contributed by atoms with van der Waals surface area (Å²) in [6.07, 6.45) is 4.55. The predicted molar refractivity (Wildman–Crippen MR) is 157 cm³/mol. The van der Waals surface area contributed by atoms with E-state index in [1.165, 1.54) is 22.3 Å². The van der Waals surface area contributed by atoms with Crippen molar-refractivity contribution in [2.24, 2.45) is 0 Å². The lowest BCUT2D eigenvalue weighted by molar-refractivity contribution is 0.198. The van der Waals surface area contributed by atoms with E-state index in [1.807, 2.05) is 6.07 Å². The SMILES string of the molecule is Cc1ccc(C2=C(c3ccc(O[C@H]4CCN(CCCF)C4)cc3)c3ccc(-c4nn[nH]n4)cc3CCC2)c(Cl)c1.